The van der Waals surface area contributed by atoms with Crippen LogP contribution in [0.1, 0.15) is 0 Å². The summed E-state index contributed by atoms with van der Waals surface area (Å²) in [5, 5.41) is -0.743. The smallest absolute Gasteiger partial charge is 0.230 e. The SMILES string of the molecule is O=C(Cl)N1CC=[N+](NC2SCCS2)C1=O. The monoisotopic (exact) mass is 266 g/mol. The summed E-state index contributed by atoms with van der Waals surface area (Å²) in [5.41, 5.74) is 3.01. The number of rotatable bonds is 2. The van der Waals surface area contributed by atoms with Gasteiger partial charge in [-0.3, -0.25) is 0 Å². The number of nitrogens with zero attached hydrogens (tertiary/aromatic N) is 2. The predicted molar refractivity (Wildman–Crippen MR) is 61.5 cm³/mol. The number of halogens is 1. The summed E-state index contributed by atoms with van der Waals surface area (Å²) in [4.78, 5) is 23.4. The maximum atomic E-state index is 11.6. The van der Waals surface area contributed by atoms with E-state index in [1.165, 1.54) is 4.68 Å². The zero-order valence-corrected chi connectivity index (χ0v) is 10.1. The van der Waals surface area contributed by atoms with Crippen LogP contribution in [0.4, 0.5) is 9.59 Å². The lowest BCUT2D eigenvalue weighted by Crippen LogP contribution is -2.40. The second-order valence-corrected chi connectivity index (χ2v) is 5.95. The molecule has 3 amide bonds. The Morgan fingerprint density at radius 1 is 1.60 bits per heavy atom. The highest BCUT2D eigenvalue weighted by Gasteiger charge is 2.39. The number of nitrogens with one attached hydrogen (secondary N) is 1. The van der Waals surface area contributed by atoms with Gasteiger partial charge in [0.25, 0.3) is 0 Å². The van der Waals surface area contributed by atoms with Gasteiger partial charge in [0, 0.05) is 23.1 Å². The summed E-state index contributed by atoms with van der Waals surface area (Å²) >= 11 is 8.73. The number of hydrazone groups is 1. The van der Waals surface area contributed by atoms with Gasteiger partial charge in [-0.2, -0.15) is 4.79 Å². The van der Waals surface area contributed by atoms with E-state index in [1.807, 2.05) is 0 Å². The molecule has 15 heavy (non-hydrogen) atoms. The third-order valence-corrected chi connectivity index (χ3v) is 4.94. The summed E-state index contributed by atoms with van der Waals surface area (Å²) in [6.07, 6.45) is 1.61. The van der Waals surface area contributed by atoms with E-state index in [-0.39, 0.29) is 11.3 Å². The topological polar surface area (TPSA) is 52.4 Å². The van der Waals surface area contributed by atoms with Crippen LogP contribution in [-0.2, 0) is 0 Å². The van der Waals surface area contributed by atoms with Crippen LogP contribution < -0.4 is 5.43 Å². The Morgan fingerprint density at radius 2 is 2.27 bits per heavy atom. The van der Waals surface area contributed by atoms with Gasteiger partial charge in [0.05, 0.1) is 0 Å². The van der Waals surface area contributed by atoms with E-state index < -0.39 is 11.4 Å². The standard InChI is InChI=1S/C7H9ClN3O2S2/c8-5(12)10-1-2-11(7(10)13)9-6-14-3-4-15-6/h2,6,9H,1,3-4H2/q+1. The van der Waals surface area contributed by atoms with Crippen LogP contribution in [0.15, 0.2) is 0 Å². The number of hydrogen-bond donors (Lipinski definition) is 1. The highest BCUT2D eigenvalue weighted by Crippen LogP contribution is 2.29. The number of hydrazine groups is 1. The predicted octanol–water partition coefficient (Wildman–Crippen LogP) is 1.13. The first kappa shape index (κ1) is 11.1. The minimum atomic E-state index is -0.743. The van der Waals surface area contributed by atoms with Crippen molar-refractivity contribution in [1.29, 1.82) is 0 Å². The molecule has 0 saturated carbocycles. The average Bonchev–Trinajstić information content (AvgIpc) is 2.78. The highest BCUT2D eigenvalue weighted by atomic mass is 35.5. The maximum Gasteiger partial charge on any atom is 0.525 e. The van der Waals surface area contributed by atoms with Crippen LogP contribution in [0, 0.1) is 0 Å². The molecule has 82 valence electrons. The quantitative estimate of drug-likeness (QED) is 0.461. The van der Waals surface area contributed by atoms with Gasteiger partial charge in [0.1, 0.15) is 6.21 Å². The van der Waals surface area contributed by atoms with E-state index in [2.05, 4.69) is 5.43 Å². The number of carbonyl (C=O) groups is 2. The number of thioether (sulfide) groups is 2. The first-order chi connectivity index (χ1) is 7.18. The molecule has 0 bridgehead atoms. The van der Waals surface area contributed by atoms with Crippen molar-refractivity contribution in [3.63, 3.8) is 0 Å². The molecule has 2 rings (SSSR count). The molecule has 1 fully saturated rings. The molecule has 1 saturated heterocycles. The molecule has 0 atom stereocenters. The average molecular weight is 267 g/mol. The van der Waals surface area contributed by atoms with Crippen LogP contribution in [-0.4, -0.2) is 50.0 Å². The second kappa shape index (κ2) is 4.63. The van der Waals surface area contributed by atoms with Crippen LogP contribution in [0.25, 0.3) is 0 Å². The van der Waals surface area contributed by atoms with Crippen LogP contribution >= 0.6 is 35.1 Å². The Morgan fingerprint density at radius 3 is 2.80 bits per heavy atom. The van der Waals surface area contributed by atoms with Crippen molar-refractivity contribution >= 4 is 52.7 Å². The summed E-state index contributed by atoms with van der Waals surface area (Å²) < 4.78 is 1.51. The molecule has 2 heterocycles. The molecule has 0 unspecified atom stereocenters. The molecule has 2 aliphatic heterocycles. The van der Waals surface area contributed by atoms with Crippen LogP contribution in [0.2, 0.25) is 0 Å². The Kier molecular flexibility index (Phi) is 3.42. The maximum absolute atomic E-state index is 11.6. The van der Waals surface area contributed by atoms with Gasteiger partial charge in [0.15, 0.2) is 11.3 Å². The lowest BCUT2D eigenvalue weighted by atomic mass is 10.7. The van der Waals surface area contributed by atoms with Gasteiger partial charge < -0.3 is 0 Å². The fraction of sp³-hybridized carbons (Fsp3) is 0.571. The molecule has 0 radical (unpaired) electrons. The number of urea groups is 1. The van der Waals surface area contributed by atoms with Crippen molar-refractivity contribution < 1.29 is 14.3 Å². The molecule has 5 nitrogen and oxygen atoms in total. The fourth-order valence-corrected chi connectivity index (χ4v) is 3.93. The summed E-state index contributed by atoms with van der Waals surface area (Å²) in [6.45, 7) is 0.232. The summed E-state index contributed by atoms with van der Waals surface area (Å²) in [7, 11) is 0. The van der Waals surface area contributed by atoms with Crippen molar-refractivity contribution in [1.82, 2.24) is 10.3 Å². The van der Waals surface area contributed by atoms with E-state index >= 15 is 0 Å². The van der Waals surface area contributed by atoms with Gasteiger partial charge in [-0.25, -0.2) is 10.2 Å². The van der Waals surface area contributed by atoms with Crippen molar-refractivity contribution in [2.75, 3.05) is 18.1 Å². The van der Waals surface area contributed by atoms with Gasteiger partial charge in [-0.1, -0.05) is 4.68 Å². The number of amides is 3. The van der Waals surface area contributed by atoms with Crippen LogP contribution in [0.3, 0.4) is 0 Å². The molecule has 8 heteroatoms. The van der Waals surface area contributed by atoms with E-state index in [9.17, 15) is 9.59 Å². The first-order valence-corrected chi connectivity index (χ1v) is 6.79. The molecular formula is C7H9ClN3O2S2+. The zero-order valence-electron chi connectivity index (χ0n) is 7.68. The van der Waals surface area contributed by atoms with Crippen molar-refractivity contribution in [2.24, 2.45) is 0 Å². The van der Waals surface area contributed by atoms with Crippen molar-refractivity contribution in [2.45, 2.75) is 4.71 Å². The Balaban J connectivity index is 1.94. The first-order valence-electron chi connectivity index (χ1n) is 4.31. The van der Waals surface area contributed by atoms with E-state index in [4.69, 9.17) is 11.6 Å². The van der Waals surface area contributed by atoms with E-state index in [0.717, 1.165) is 16.4 Å². The summed E-state index contributed by atoms with van der Waals surface area (Å²) in [6, 6.07) is -0.414. The molecule has 0 spiro atoms. The molecular weight excluding hydrogens is 258 g/mol. The number of imide groups is 1. The highest BCUT2D eigenvalue weighted by molar-refractivity contribution is 8.20. The number of carbonyl (C=O) groups excluding carboxylic acids is 2. The Hall–Kier alpha value is -0.400. The Labute approximate surface area is 100 Å². The molecule has 0 aromatic carbocycles. The van der Waals surface area contributed by atoms with E-state index in [1.54, 1.807) is 29.7 Å². The molecule has 0 aliphatic carbocycles. The van der Waals surface area contributed by atoms with Gasteiger partial charge in [0.2, 0.25) is 0 Å². The lowest BCUT2D eigenvalue weighted by Gasteiger charge is -2.09. The lowest BCUT2D eigenvalue weighted by molar-refractivity contribution is -0.486. The largest absolute Gasteiger partial charge is 0.525 e. The molecule has 2 aliphatic rings. The fourth-order valence-electron chi connectivity index (χ4n) is 1.25. The summed E-state index contributed by atoms with van der Waals surface area (Å²) in [5.74, 6) is 2.14. The van der Waals surface area contributed by atoms with Crippen molar-refractivity contribution in [3.8, 4) is 0 Å². The molecule has 1 N–H and O–H groups in total. The number of hydrogen-bond acceptors (Lipinski definition) is 5. The minimum absolute atomic E-state index is 0.176. The third-order valence-electron chi connectivity index (χ3n) is 1.96. The Bertz CT molecular complexity index is 330. The van der Waals surface area contributed by atoms with Gasteiger partial charge in [-0.15, -0.1) is 28.4 Å². The normalized spacial score (nSPS) is 22.1. The second-order valence-electron chi connectivity index (χ2n) is 2.90. The van der Waals surface area contributed by atoms with Crippen LogP contribution in [0.5, 0.6) is 0 Å². The van der Waals surface area contributed by atoms with E-state index in [0.29, 0.717) is 0 Å². The molecule has 0 aromatic heterocycles. The van der Waals surface area contributed by atoms with Gasteiger partial charge >= 0.3 is 11.4 Å². The third kappa shape index (κ3) is 2.40. The van der Waals surface area contributed by atoms with Crippen molar-refractivity contribution in [3.05, 3.63) is 0 Å². The molecule has 0 aromatic rings. The van der Waals surface area contributed by atoms with Gasteiger partial charge in [-0.05, 0) is 0 Å². The minimum Gasteiger partial charge on any atom is -0.230 e. The zero-order chi connectivity index (χ0) is 10.8.